The Morgan fingerprint density at radius 2 is 1.71 bits per heavy atom. The maximum absolute atomic E-state index is 13.3. The van der Waals surface area contributed by atoms with Crippen molar-refractivity contribution in [2.24, 2.45) is 0 Å². The van der Waals surface area contributed by atoms with Gasteiger partial charge in [-0.05, 0) is 49.6 Å². The Labute approximate surface area is 205 Å². The molecular weight excluding hydrogens is 468 g/mol. The lowest BCUT2D eigenvalue weighted by molar-refractivity contribution is 0.0627. The van der Waals surface area contributed by atoms with Gasteiger partial charge in [0, 0.05) is 44.8 Å². The van der Waals surface area contributed by atoms with E-state index < -0.39 is 10.0 Å². The van der Waals surface area contributed by atoms with Crippen LogP contribution in [0.3, 0.4) is 0 Å². The third-order valence-corrected chi connectivity index (χ3v) is 9.66. The van der Waals surface area contributed by atoms with Crippen LogP contribution < -0.4 is 0 Å². The number of nitrogens with zero attached hydrogens (tertiary/aromatic N) is 4. The van der Waals surface area contributed by atoms with Crippen molar-refractivity contribution in [2.75, 3.05) is 39.3 Å². The van der Waals surface area contributed by atoms with Gasteiger partial charge in [-0.15, -0.1) is 11.3 Å². The fraction of sp³-hybridized carbons (Fsp3) is 0.440. The first-order valence-electron chi connectivity index (χ1n) is 11.9. The molecular formula is C25H30N4O3S2. The molecule has 0 spiro atoms. The average Bonchev–Trinajstić information content (AvgIpc) is 3.27. The van der Waals surface area contributed by atoms with E-state index >= 15 is 0 Å². The molecule has 9 heteroatoms. The molecule has 0 bridgehead atoms. The fourth-order valence-corrected chi connectivity index (χ4v) is 7.26. The first-order chi connectivity index (χ1) is 16.4. The van der Waals surface area contributed by atoms with Gasteiger partial charge in [-0.2, -0.15) is 4.31 Å². The smallest absolute Gasteiger partial charge is 0.254 e. The quantitative estimate of drug-likeness (QED) is 0.536. The minimum absolute atomic E-state index is 0.0900. The van der Waals surface area contributed by atoms with Crippen molar-refractivity contribution in [1.82, 2.24) is 19.1 Å². The summed E-state index contributed by atoms with van der Waals surface area (Å²) in [6.07, 6.45) is 2.84. The van der Waals surface area contributed by atoms with Gasteiger partial charge in [0.15, 0.2) is 0 Å². The Bertz CT molecular complexity index is 1260. The molecule has 2 aromatic carbocycles. The Kier molecular flexibility index (Phi) is 6.70. The van der Waals surface area contributed by atoms with Gasteiger partial charge in [0.05, 0.1) is 21.7 Å². The molecule has 0 aliphatic carbocycles. The molecule has 2 aliphatic heterocycles. The maximum atomic E-state index is 13.3. The summed E-state index contributed by atoms with van der Waals surface area (Å²) in [5.74, 6) is -0.0900. The maximum Gasteiger partial charge on any atom is 0.254 e. The second kappa shape index (κ2) is 9.73. The molecule has 0 radical (unpaired) electrons. The third kappa shape index (κ3) is 4.75. The van der Waals surface area contributed by atoms with E-state index in [0.717, 1.165) is 55.0 Å². The van der Waals surface area contributed by atoms with E-state index in [0.29, 0.717) is 31.7 Å². The van der Waals surface area contributed by atoms with Crippen molar-refractivity contribution in [1.29, 1.82) is 0 Å². The minimum atomic E-state index is -3.57. The van der Waals surface area contributed by atoms with E-state index in [-0.39, 0.29) is 10.8 Å². The highest BCUT2D eigenvalue weighted by Crippen LogP contribution is 2.25. The molecule has 0 unspecified atom stereocenters. The molecule has 0 N–H and O–H groups in total. The summed E-state index contributed by atoms with van der Waals surface area (Å²) in [4.78, 5) is 22.5. The lowest BCUT2D eigenvalue weighted by Crippen LogP contribution is -2.48. The zero-order valence-corrected chi connectivity index (χ0v) is 21.1. The lowest BCUT2D eigenvalue weighted by atomic mass is 10.1. The van der Waals surface area contributed by atoms with Gasteiger partial charge in [-0.1, -0.05) is 24.6 Å². The van der Waals surface area contributed by atoms with Crippen LogP contribution in [0.4, 0.5) is 0 Å². The molecule has 0 saturated carbocycles. The summed E-state index contributed by atoms with van der Waals surface area (Å²) in [5.41, 5.74) is 2.32. The van der Waals surface area contributed by atoms with Gasteiger partial charge >= 0.3 is 0 Å². The number of hydrogen-bond donors (Lipinski definition) is 0. The van der Waals surface area contributed by atoms with Gasteiger partial charge in [-0.3, -0.25) is 9.69 Å². The van der Waals surface area contributed by atoms with Crippen molar-refractivity contribution in [3.05, 3.63) is 58.6 Å². The van der Waals surface area contributed by atoms with Crippen LogP contribution in [0, 0.1) is 6.92 Å². The second-order valence-corrected chi connectivity index (χ2v) is 12.1. The van der Waals surface area contributed by atoms with Crippen molar-refractivity contribution < 1.29 is 13.2 Å². The fourth-order valence-electron chi connectivity index (χ4n) is 4.70. The molecule has 1 aromatic heterocycles. The first-order valence-corrected chi connectivity index (χ1v) is 14.1. The average molecular weight is 499 g/mol. The zero-order chi connectivity index (χ0) is 23.7. The largest absolute Gasteiger partial charge is 0.336 e. The number of amides is 1. The van der Waals surface area contributed by atoms with E-state index in [9.17, 15) is 13.2 Å². The number of piperazine rings is 1. The summed E-state index contributed by atoms with van der Waals surface area (Å²) in [7, 11) is -3.57. The van der Waals surface area contributed by atoms with Gasteiger partial charge in [0.25, 0.3) is 5.91 Å². The third-order valence-electron chi connectivity index (χ3n) is 6.75. The second-order valence-electron chi connectivity index (χ2n) is 9.09. The van der Waals surface area contributed by atoms with Crippen LogP contribution in [0.15, 0.2) is 47.4 Å². The molecule has 0 atom stereocenters. The minimum Gasteiger partial charge on any atom is -0.336 e. The molecule has 5 rings (SSSR count). The summed E-state index contributed by atoms with van der Waals surface area (Å²) in [6, 6.07) is 13.1. The summed E-state index contributed by atoms with van der Waals surface area (Å²) in [6.45, 7) is 6.53. The predicted octanol–water partition coefficient (Wildman–Crippen LogP) is 3.74. The molecule has 7 nitrogen and oxygen atoms in total. The van der Waals surface area contributed by atoms with Crippen LogP contribution in [0.5, 0.6) is 0 Å². The number of carbonyl (C=O) groups is 1. The Morgan fingerprint density at radius 3 is 2.44 bits per heavy atom. The highest BCUT2D eigenvalue weighted by atomic mass is 32.2. The van der Waals surface area contributed by atoms with Crippen LogP contribution in [0.1, 0.15) is 40.2 Å². The molecule has 34 heavy (non-hydrogen) atoms. The highest BCUT2D eigenvalue weighted by molar-refractivity contribution is 7.89. The van der Waals surface area contributed by atoms with E-state index in [1.165, 1.54) is 4.70 Å². The van der Waals surface area contributed by atoms with Crippen LogP contribution in [-0.4, -0.2) is 72.7 Å². The van der Waals surface area contributed by atoms with Crippen LogP contribution in [0.25, 0.3) is 10.2 Å². The summed E-state index contributed by atoms with van der Waals surface area (Å²) >= 11 is 1.72. The number of benzene rings is 2. The number of piperidine rings is 1. The topological polar surface area (TPSA) is 73.8 Å². The van der Waals surface area contributed by atoms with Crippen molar-refractivity contribution >= 4 is 37.5 Å². The highest BCUT2D eigenvalue weighted by Gasteiger charge is 2.29. The number of rotatable bonds is 5. The number of aromatic nitrogens is 1. The molecule has 2 aliphatic rings. The van der Waals surface area contributed by atoms with Crippen molar-refractivity contribution in [2.45, 2.75) is 37.6 Å². The van der Waals surface area contributed by atoms with Crippen LogP contribution in [0.2, 0.25) is 0 Å². The Balaban J connectivity index is 1.25. The van der Waals surface area contributed by atoms with E-state index in [4.69, 9.17) is 4.98 Å². The molecule has 2 saturated heterocycles. The van der Waals surface area contributed by atoms with E-state index in [1.54, 1.807) is 33.8 Å². The Hall–Kier alpha value is -2.33. The molecule has 2 fully saturated rings. The van der Waals surface area contributed by atoms with E-state index in [2.05, 4.69) is 11.0 Å². The lowest BCUT2D eigenvalue weighted by Gasteiger charge is -2.34. The van der Waals surface area contributed by atoms with Crippen molar-refractivity contribution in [3.63, 3.8) is 0 Å². The molecule has 1 amide bonds. The predicted molar refractivity (Wildman–Crippen MR) is 135 cm³/mol. The van der Waals surface area contributed by atoms with Crippen LogP contribution >= 0.6 is 11.3 Å². The standard InChI is InChI=1S/C25H30N4O3S2/c1-19-9-10-20(34(31,32)29-11-5-2-6-12-29)17-21(19)25(30)28-15-13-27(14-16-28)18-24-26-22-7-3-4-8-23(22)33-24/h3-4,7-10,17H,2,5-6,11-16,18H2,1H3. The molecule has 180 valence electrons. The number of fused-ring (bicyclic) bond motifs is 1. The number of carbonyl (C=O) groups excluding carboxylic acids is 1. The number of para-hydroxylation sites is 1. The van der Waals surface area contributed by atoms with Crippen LogP contribution in [-0.2, 0) is 16.6 Å². The monoisotopic (exact) mass is 498 g/mol. The zero-order valence-electron chi connectivity index (χ0n) is 19.4. The van der Waals surface area contributed by atoms with E-state index in [1.807, 2.05) is 30.0 Å². The SMILES string of the molecule is Cc1ccc(S(=O)(=O)N2CCCCC2)cc1C(=O)N1CCN(Cc2nc3ccccc3s2)CC1. The normalized spacial score (nSPS) is 18.4. The number of aryl methyl sites for hydroxylation is 1. The molecule has 3 aromatic rings. The van der Waals surface area contributed by atoms with Gasteiger partial charge in [-0.25, -0.2) is 13.4 Å². The van der Waals surface area contributed by atoms with Gasteiger partial charge < -0.3 is 4.90 Å². The summed E-state index contributed by atoms with van der Waals surface area (Å²) < 4.78 is 29.0. The number of sulfonamides is 1. The van der Waals surface area contributed by atoms with Gasteiger partial charge in [0.1, 0.15) is 5.01 Å². The Morgan fingerprint density at radius 1 is 0.971 bits per heavy atom. The number of thiazole rings is 1. The molecule has 3 heterocycles. The van der Waals surface area contributed by atoms with Crippen molar-refractivity contribution in [3.8, 4) is 0 Å². The first kappa shape index (κ1) is 23.4. The van der Waals surface area contributed by atoms with Gasteiger partial charge in [0.2, 0.25) is 10.0 Å². The number of hydrogen-bond acceptors (Lipinski definition) is 6. The summed E-state index contributed by atoms with van der Waals surface area (Å²) in [5, 5.41) is 1.09.